The number of nitrogens with zero attached hydrogens (tertiary/aromatic N) is 3. The number of rotatable bonds is 2. The molecule has 1 spiro atoms. The molecular weight excluding hydrogens is 471 g/mol. The van der Waals surface area contributed by atoms with Crippen LogP contribution >= 0.6 is 0 Å². The molecule has 3 aliphatic heterocycles. The normalized spacial score (nSPS) is 21.8. The van der Waals surface area contributed by atoms with Crippen LogP contribution in [0.2, 0.25) is 0 Å². The highest BCUT2D eigenvalue weighted by atomic mass is 19.4. The second kappa shape index (κ2) is 9.02. The number of fused-ring (bicyclic) bond motifs is 1. The molecule has 3 aliphatic rings. The Kier molecular flexibility index (Phi) is 6.38. The van der Waals surface area contributed by atoms with E-state index in [9.17, 15) is 27.6 Å². The van der Waals surface area contributed by atoms with E-state index in [-0.39, 0.29) is 18.0 Å². The molecule has 0 radical (unpaired) electrons. The molecule has 13 heteroatoms. The lowest BCUT2D eigenvalue weighted by Gasteiger charge is -2.53. The zero-order valence-corrected chi connectivity index (χ0v) is 19.0. The minimum Gasteiger partial charge on any atom is -0.475 e. The zero-order chi connectivity index (χ0) is 25.5. The van der Waals surface area contributed by atoms with E-state index in [0.717, 1.165) is 42.9 Å². The van der Waals surface area contributed by atoms with Crippen molar-refractivity contribution in [2.45, 2.75) is 37.9 Å². The van der Waals surface area contributed by atoms with Gasteiger partial charge in [0.15, 0.2) is 0 Å². The third kappa shape index (κ3) is 4.77. The molecule has 35 heavy (non-hydrogen) atoms. The van der Waals surface area contributed by atoms with Gasteiger partial charge in [-0.2, -0.15) is 13.2 Å². The van der Waals surface area contributed by atoms with E-state index >= 15 is 0 Å². The van der Waals surface area contributed by atoms with Crippen LogP contribution in [0.3, 0.4) is 0 Å². The molecule has 10 nitrogen and oxygen atoms in total. The summed E-state index contributed by atoms with van der Waals surface area (Å²) in [4.78, 5) is 47.9. The number of carbonyl (C=O) groups excluding carboxylic acids is 2. The Balaban J connectivity index is 0.000000364. The number of hydrogen-bond donors (Lipinski definition) is 3. The highest BCUT2D eigenvalue weighted by molar-refractivity contribution is 6.00. The van der Waals surface area contributed by atoms with E-state index in [0.29, 0.717) is 11.8 Å². The van der Waals surface area contributed by atoms with Crippen LogP contribution in [0.25, 0.3) is 11.0 Å². The van der Waals surface area contributed by atoms with Gasteiger partial charge in [-0.3, -0.25) is 24.0 Å². The molecule has 4 heterocycles. The number of imide groups is 1. The van der Waals surface area contributed by atoms with Crippen molar-refractivity contribution < 1.29 is 32.7 Å². The number of piperidine rings is 2. The number of imidazole rings is 1. The van der Waals surface area contributed by atoms with Crippen molar-refractivity contribution in [2.24, 2.45) is 12.5 Å². The average Bonchev–Trinajstić information content (AvgIpc) is 3.02. The fraction of sp³-hybridized carbons (Fsp3) is 0.545. The molecular formula is C22H26F3N5O5. The number of amides is 2. The largest absolute Gasteiger partial charge is 0.490 e. The number of aromatic nitrogens is 2. The van der Waals surface area contributed by atoms with Crippen LogP contribution in [-0.4, -0.2) is 64.4 Å². The van der Waals surface area contributed by atoms with E-state index < -0.39 is 24.1 Å². The van der Waals surface area contributed by atoms with Gasteiger partial charge >= 0.3 is 17.8 Å². The number of carbonyl (C=O) groups is 3. The maximum atomic E-state index is 12.9. The first kappa shape index (κ1) is 24.8. The molecule has 1 aromatic carbocycles. The van der Waals surface area contributed by atoms with Gasteiger partial charge in [0.1, 0.15) is 6.04 Å². The van der Waals surface area contributed by atoms with Gasteiger partial charge in [0.25, 0.3) is 0 Å². The Labute approximate surface area is 197 Å². The van der Waals surface area contributed by atoms with Gasteiger partial charge in [0.2, 0.25) is 11.8 Å². The molecule has 5 rings (SSSR count). The van der Waals surface area contributed by atoms with Crippen molar-refractivity contribution >= 4 is 34.5 Å². The number of anilines is 1. The topological polar surface area (TPSA) is 126 Å². The van der Waals surface area contributed by atoms with Gasteiger partial charge < -0.3 is 15.3 Å². The molecule has 1 atom stereocenters. The third-order valence-electron chi connectivity index (χ3n) is 6.92. The second-order valence-electron chi connectivity index (χ2n) is 9.26. The summed E-state index contributed by atoms with van der Waals surface area (Å²) in [5.74, 6) is -3.43. The highest BCUT2D eigenvalue weighted by Crippen LogP contribution is 2.41. The first-order valence-corrected chi connectivity index (χ1v) is 11.2. The summed E-state index contributed by atoms with van der Waals surface area (Å²) < 4.78 is 34.9. The fourth-order valence-corrected chi connectivity index (χ4v) is 5.00. The monoisotopic (exact) mass is 497 g/mol. The summed E-state index contributed by atoms with van der Waals surface area (Å²) in [7, 11) is 1.74. The van der Waals surface area contributed by atoms with Crippen LogP contribution < -0.4 is 21.2 Å². The number of aryl methyl sites for hydroxylation is 1. The van der Waals surface area contributed by atoms with Crippen molar-refractivity contribution in [3.8, 4) is 0 Å². The summed E-state index contributed by atoms with van der Waals surface area (Å²) in [5.41, 5.74) is 2.89. The number of carboxylic acids is 1. The molecule has 190 valence electrons. The van der Waals surface area contributed by atoms with E-state index in [4.69, 9.17) is 9.90 Å². The number of benzene rings is 1. The van der Waals surface area contributed by atoms with Gasteiger partial charge in [-0.05, 0) is 50.6 Å². The number of nitrogens with one attached hydrogen (secondary N) is 2. The van der Waals surface area contributed by atoms with E-state index in [2.05, 4.69) is 15.5 Å². The number of alkyl halides is 3. The van der Waals surface area contributed by atoms with E-state index in [1.165, 1.54) is 17.4 Å². The van der Waals surface area contributed by atoms with Gasteiger partial charge in [0.05, 0.1) is 11.0 Å². The van der Waals surface area contributed by atoms with Crippen LogP contribution in [0.1, 0.15) is 31.7 Å². The van der Waals surface area contributed by atoms with Gasteiger partial charge in [-0.15, -0.1) is 0 Å². The van der Waals surface area contributed by atoms with Crippen molar-refractivity contribution in [1.82, 2.24) is 19.8 Å². The van der Waals surface area contributed by atoms with Crippen LogP contribution in [0.4, 0.5) is 18.9 Å². The maximum Gasteiger partial charge on any atom is 0.490 e. The average molecular weight is 497 g/mol. The predicted octanol–water partition coefficient (Wildman–Crippen LogP) is 1.14. The minimum atomic E-state index is -5.08. The first-order chi connectivity index (χ1) is 16.4. The molecule has 2 amide bonds. The number of carboxylic acid groups (broad SMARTS) is 1. The minimum absolute atomic E-state index is 0.222. The van der Waals surface area contributed by atoms with Gasteiger partial charge in [-0.25, -0.2) is 9.59 Å². The molecule has 2 aromatic rings. The molecule has 0 bridgehead atoms. The van der Waals surface area contributed by atoms with E-state index in [1.54, 1.807) is 11.6 Å². The Morgan fingerprint density at radius 2 is 1.74 bits per heavy atom. The molecule has 1 unspecified atom stereocenters. The Bertz CT molecular complexity index is 1220. The van der Waals surface area contributed by atoms with Crippen LogP contribution in [0, 0.1) is 5.41 Å². The lowest BCUT2D eigenvalue weighted by atomic mass is 9.72. The summed E-state index contributed by atoms with van der Waals surface area (Å²) in [6, 6.07) is 5.38. The zero-order valence-electron chi connectivity index (χ0n) is 19.0. The van der Waals surface area contributed by atoms with Crippen molar-refractivity contribution in [2.75, 3.05) is 31.1 Å². The Hall–Kier alpha value is -3.35. The smallest absolute Gasteiger partial charge is 0.475 e. The molecule has 0 saturated carbocycles. The standard InChI is InChI=1S/C20H25N5O3.C2HF3O2/c1-23-16-10-13(24-11-20(12-24)6-8-21-9-7-20)2-3-14(16)25(19(23)28)15-4-5-17(26)22-18(15)27;3-2(4,5)1(6)7/h2-3,10,15,21H,4-9,11-12H2,1H3,(H,22,26,27);(H,6,7). The van der Waals surface area contributed by atoms with Crippen molar-refractivity contribution in [1.29, 1.82) is 0 Å². The third-order valence-corrected chi connectivity index (χ3v) is 6.92. The van der Waals surface area contributed by atoms with Crippen molar-refractivity contribution in [3.63, 3.8) is 0 Å². The number of hydrogen-bond acceptors (Lipinski definition) is 6. The number of aliphatic carboxylic acids is 1. The SMILES string of the molecule is Cn1c(=O)n(C2CCC(=O)NC2=O)c2ccc(N3CC4(CCNCC4)C3)cc21.O=C(O)C(F)(F)F. The predicted molar refractivity (Wildman–Crippen MR) is 119 cm³/mol. The summed E-state index contributed by atoms with van der Waals surface area (Å²) in [5, 5.41) is 12.9. The van der Waals surface area contributed by atoms with Crippen LogP contribution in [0.15, 0.2) is 23.0 Å². The summed E-state index contributed by atoms with van der Waals surface area (Å²) in [6.45, 7) is 4.30. The lowest BCUT2D eigenvalue weighted by Crippen LogP contribution is -2.60. The van der Waals surface area contributed by atoms with E-state index in [1.807, 2.05) is 18.2 Å². The molecule has 0 aliphatic carbocycles. The Morgan fingerprint density at radius 1 is 1.11 bits per heavy atom. The highest BCUT2D eigenvalue weighted by Gasteiger charge is 2.43. The summed E-state index contributed by atoms with van der Waals surface area (Å²) in [6.07, 6.45) is -2.04. The van der Waals surface area contributed by atoms with Crippen LogP contribution in [-0.2, 0) is 21.4 Å². The quantitative estimate of drug-likeness (QED) is 0.532. The molecule has 3 saturated heterocycles. The molecule has 3 fully saturated rings. The number of halogens is 3. The molecule has 3 N–H and O–H groups in total. The molecule has 1 aromatic heterocycles. The summed E-state index contributed by atoms with van der Waals surface area (Å²) >= 11 is 0. The van der Waals surface area contributed by atoms with Gasteiger partial charge in [-0.1, -0.05) is 0 Å². The van der Waals surface area contributed by atoms with Crippen LogP contribution in [0.5, 0.6) is 0 Å². The second-order valence-corrected chi connectivity index (χ2v) is 9.26. The van der Waals surface area contributed by atoms with Crippen molar-refractivity contribution in [3.05, 3.63) is 28.7 Å². The lowest BCUT2D eigenvalue weighted by molar-refractivity contribution is -0.192. The maximum absolute atomic E-state index is 12.9. The first-order valence-electron chi connectivity index (χ1n) is 11.2. The van der Waals surface area contributed by atoms with Gasteiger partial charge in [0, 0.05) is 37.7 Å². The fourth-order valence-electron chi connectivity index (χ4n) is 5.00. The Morgan fingerprint density at radius 3 is 2.31 bits per heavy atom.